The molecule has 0 saturated carbocycles. The number of hydrogen-bond donors (Lipinski definition) is 1. The predicted molar refractivity (Wildman–Crippen MR) is 57.6 cm³/mol. The Labute approximate surface area is 98.2 Å². The van der Waals surface area contributed by atoms with Gasteiger partial charge in [0, 0.05) is 10.8 Å². The number of aromatic amines is 1. The van der Waals surface area contributed by atoms with Crippen LogP contribution in [0.1, 0.15) is 5.56 Å². The van der Waals surface area contributed by atoms with Gasteiger partial charge in [-0.2, -0.15) is 13.2 Å². The van der Waals surface area contributed by atoms with Crippen LogP contribution in [0.2, 0.25) is 0 Å². The summed E-state index contributed by atoms with van der Waals surface area (Å²) < 4.78 is 36.8. The summed E-state index contributed by atoms with van der Waals surface area (Å²) in [6, 6.07) is 2.98. The molecule has 0 aliphatic rings. The van der Waals surface area contributed by atoms with Crippen molar-refractivity contribution < 1.29 is 13.2 Å². The molecule has 16 heavy (non-hydrogen) atoms. The van der Waals surface area contributed by atoms with E-state index in [4.69, 9.17) is 11.6 Å². The fourth-order valence-corrected chi connectivity index (χ4v) is 2.31. The molecule has 0 aliphatic carbocycles. The Hall–Kier alpha value is -0.880. The van der Waals surface area contributed by atoms with Crippen LogP contribution >= 0.6 is 23.4 Å². The lowest BCUT2D eigenvalue weighted by atomic mass is 10.2. The van der Waals surface area contributed by atoms with Crippen molar-refractivity contribution in [2.45, 2.75) is 16.3 Å². The van der Waals surface area contributed by atoms with Gasteiger partial charge in [-0.3, -0.25) is 0 Å². The van der Waals surface area contributed by atoms with Gasteiger partial charge in [0.05, 0.1) is 17.4 Å². The Morgan fingerprint density at radius 1 is 1.38 bits per heavy atom. The predicted octanol–water partition coefficient (Wildman–Crippen LogP) is 3.91. The average molecular weight is 267 g/mol. The number of aromatic nitrogens is 2. The molecule has 0 bridgehead atoms. The van der Waals surface area contributed by atoms with E-state index in [1.54, 1.807) is 6.07 Å². The van der Waals surface area contributed by atoms with Crippen LogP contribution in [0, 0.1) is 0 Å². The third-order valence-electron chi connectivity index (χ3n) is 1.97. The summed E-state index contributed by atoms with van der Waals surface area (Å²) in [5.41, 5.74) is -2.69. The molecule has 1 N–H and O–H groups in total. The van der Waals surface area contributed by atoms with E-state index >= 15 is 0 Å². The van der Waals surface area contributed by atoms with Crippen molar-refractivity contribution in [3.8, 4) is 0 Å². The summed E-state index contributed by atoms with van der Waals surface area (Å²) in [6.45, 7) is 0. The van der Waals surface area contributed by atoms with Crippen molar-refractivity contribution in [3.05, 3.63) is 24.0 Å². The SMILES string of the molecule is FC(F)(F)Sc1cc2nc[nH]c2cc1CCl. The number of benzene rings is 1. The molecule has 86 valence electrons. The molecule has 0 radical (unpaired) electrons. The highest BCUT2D eigenvalue weighted by atomic mass is 35.5. The van der Waals surface area contributed by atoms with Crippen LogP contribution in [-0.2, 0) is 5.88 Å². The molecule has 2 nitrogen and oxygen atoms in total. The minimum Gasteiger partial charge on any atom is -0.345 e. The molecule has 0 spiro atoms. The smallest absolute Gasteiger partial charge is 0.345 e. The van der Waals surface area contributed by atoms with Gasteiger partial charge in [-0.1, -0.05) is 0 Å². The standard InChI is InChI=1S/C9H6ClF3N2S/c10-3-5-1-6-7(15-4-14-6)2-8(5)16-9(11,12)13/h1-2,4H,3H2,(H,14,15). The number of imidazole rings is 1. The van der Waals surface area contributed by atoms with Crippen molar-refractivity contribution in [1.82, 2.24) is 9.97 Å². The summed E-state index contributed by atoms with van der Waals surface area (Å²) in [5, 5.41) is 0. The maximum atomic E-state index is 12.3. The summed E-state index contributed by atoms with van der Waals surface area (Å²) in [4.78, 5) is 6.83. The first kappa shape index (κ1) is 11.6. The van der Waals surface area contributed by atoms with Gasteiger partial charge in [0.1, 0.15) is 0 Å². The largest absolute Gasteiger partial charge is 0.446 e. The first-order valence-electron chi connectivity index (χ1n) is 4.27. The quantitative estimate of drug-likeness (QED) is 0.659. The zero-order chi connectivity index (χ0) is 11.8. The van der Waals surface area contributed by atoms with Gasteiger partial charge in [-0.05, 0) is 29.5 Å². The Bertz CT molecular complexity index is 509. The van der Waals surface area contributed by atoms with E-state index < -0.39 is 5.51 Å². The zero-order valence-corrected chi connectivity index (χ0v) is 9.38. The fourth-order valence-electron chi connectivity index (χ4n) is 1.33. The van der Waals surface area contributed by atoms with Gasteiger partial charge < -0.3 is 4.98 Å². The van der Waals surface area contributed by atoms with Crippen molar-refractivity contribution in [3.63, 3.8) is 0 Å². The van der Waals surface area contributed by atoms with E-state index in [1.807, 2.05) is 0 Å². The van der Waals surface area contributed by atoms with E-state index in [0.717, 1.165) is 0 Å². The lowest BCUT2D eigenvalue weighted by Gasteiger charge is -2.09. The Balaban J connectivity index is 2.48. The highest BCUT2D eigenvalue weighted by molar-refractivity contribution is 8.00. The molecule has 1 aromatic carbocycles. The van der Waals surface area contributed by atoms with E-state index in [9.17, 15) is 13.2 Å². The summed E-state index contributed by atoms with van der Waals surface area (Å²) in [7, 11) is 0. The zero-order valence-electron chi connectivity index (χ0n) is 7.81. The van der Waals surface area contributed by atoms with Crippen molar-refractivity contribution in [2.75, 3.05) is 0 Å². The minimum absolute atomic E-state index is 0.0351. The van der Waals surface area contributed by atoms with Crippen LogP contribution < -0.4 is 0 Å². The van der Waals surface area contributed by atoms with Gasteiger partial charge in [0.15, 0.2) is 0 Å². The number of rotatable bonds is 2. The van der Waals surface area contributed by atoms with E-state index in [2.05, 4.69) is 9.97 Å². The second-order valence-electron chi connectivity index (χ2n) is 3.06. The Morgan fingerprint density at radius 3 is 2.75 bits per heavy atom. The van der Waals surface area contributed by atoms with E-state index in [-0.39, 0.29) is 22.5 Å². The van der Waals surface area contributed by atoms with Gasteiger partial charge in [-0.25, -0.2) is 4.98 Å². The Kier molecular flexibility index (Phi) is 3.03. The number of H-pyrrole nitrogens is 1. The minimum atomic E-state index is -4.31. The fraction of sp³-hybridized carbons (Fsp3) is 0.222. The molecule has 0 saturated heterocycles. The summed E-state index contributed by atoms with van der Waals surface area (Å²) >= 11 is 5.45. The van der Waals surface area contributed by atoms with Gasteiger partial charge in [0.25, 0.3) is 0 Å². The van der Waals surface area contributed by atoms with Crippen LogP contribution in [0.15, 0.2) is 23.4 Å². The third kappa shape index (κ3) is 2.44. The number of fused-ring (bicyclic) bond motifs is 1. The second kappa shape index (κ2) is 4.18. The van der Waals surface area contributed by atoms with Gasteiger partial charge >= 0.3 is 5.51 Å². The normalized spacial score (nSPS) is 12.2. The number of alkyl halides is 4. The lowest BCUT2D eigenvalue weighted by Crippen LogP contribution is -2.00. The topological polar surface area (TPSA) is 28.7 Å². The molecule has 7 heteroatoms. The van der Waals surface area contributed by atoms with Crippen LogP contribution in [-0.4, -0.2) is 15.5 Å². The van der Waals surface area contributed by atoms with Crippen molar-refractivity contribution in [1.29, 1.82) is 0 Å². The van der Waals surface area contributed by atoms with E-state index in [0.29, 0.717) is 16.6 Å². The molecular weight excluding hydrogens is 261 g/mol. The average Bonchev–Trinajstić information content (AvgIpc) is 2.60. The monoisotopic (exact) mass is 266 g/mol. The number of nitrogens with zero attached hydrogens (tertiary/aromatic N) is 1. The molecule has 0 fully saturated rings. The van der Waals surface area contributed by atoms with Crippen molar-refractivity contribution in [2.24, 2.45) is 0 Å². The number of hydrogen-bond acceptors (Lipinski definition) is 2. The molecule has 2 rings (SSSR count). The first-order chi connectivity index (χ1) is 7.49. The lowest BCUT2D eigenvalue weighted by molar-refractivity contribution is -0.0328. The highest BCUT2D eigenvalue weighted by Gasteiger charge is 2.30. The maximum Gasteiger partial charge on any atom is 0.446 e. The van der Waals surface area contributed by atoms with Gasteiger partial charge in [-0.15, -0.1) is 11.6 Å². The van der Waals surface area contributed by atoms with E-state index in [1.165, 1.54) is 12.4 Å². The molecule has 1 heterocycles. The highest BCUT2D eigenvalue weighted by Crippen LogP contribution is 2.40. The summed E-state index contributed by atoms with van der Waals surface area (Å²) in [6.07, 6.45) is 1.44. The molecule has 0 atom stereocenters. The maximum absolute atomic E-state index is 12.3. The van der Waals surface area contributed by atoms with Crippen LogP contribution in [0.5, 0.6) is 0 Å². The molecule has 0 unspecified atom stereocenters. The van der Waals surface area contributed by atoms with Crippen LogP contribution in [0.3, 0.4) is 0 Å². The van der Waals surface area contributed by atoms with Gasteiger partial charge in [0.2, 0.25) is 0 Å². The third-order valence-corrected chi connectivity index (χ3v) is 3.09. The molecule has 0 amide bonds. The number of nitrogens with one attached hydrogen (secondary N) is 1. The second-order valence-corrected chi connectivity index (χ2v) is 4.44. The number of thioether (sulfide) groups is 1. The molecule has 2 aromatic rings. The molecule has 0 aliphatic heterocycles. The summed E-state index contributed by atoms with van der Waals surface area (Å²) in [5.74, 6) is 0.0351. The van der Waals surface area contributed by atoms with Crippen LogP contribution in [0.4, 0.5) is 13.2 Å². The molecular formula is C9H6ClF3N2S. The van der Waals surface area contributed by atoms with Crippen molar-refractivity contribution >= 4 is 34.4 Å². The Morgan fingerprint density at radius 2 is 2.12 bits per heavy atom. The number of halogens is 4. The molecule has 1 aromatic heterocycles. The van der Waals surface area contributed by atoms with Crippen LogP contribution in [0.25, 0.3) is 11.0 Å². The first-order valence-corrected chi connectivity index (χ1v) is 5.62.